The van der Waals surface area contributed by atoms with Crippen LogP contribution >= 0.6 is 11.6 Å². The molecule has 14 heavy (non-hydrogen) atoms. The molecule has 5 nitrogen and oxygen atoms in total. The predicted molar refractivity (Wildman–Crippen MR) is 54.6 cm³/mol. The number of aliphatic hydroxyl groups is 2. The van der Waals surface area contributed by atoms with E-state index >= 15 is 0 Å². The zero-order valence-electron chi connectivity index (χ0n) is 8.00. The van der Waals surface area contributed by atoms with Crippen LogP contribution in [0.4, 0.5) is 5.82 Å². The number of rotatable bonds is 5. The van der Waals surface area contributed by atoms with Crippen molar-refractivity contribution in [2.24, 2.45) is 0 Å². The molecule has 0 amide bonds. The average Bonchev–Trinajstić information content (AvgIpc) is 2.40. The van der Waals surface area contributed by atoms with Gasteiger partial charge >= 0.3 is 0 Å². The van der Waals surface area contributed by atoms with Crippen molar-refractivity contribution in [1.82, 2.24) is 9.55 Å². The van der Waals surface area contributed by atoms with E-state index in [1.807, 2.05) is 6.92 Å². The van der Waals surface area contributed by atoms with Gasteiger partial charge in [0, 0.05) is 13.1 Å². The number of hydrogen-bond acceptors (Lipinski definition) is 4. The molecule has 0 saturated carbocycles. The fourth-order valence-electron chi connectivity index (χ4n) is 1.24. The first-order valence-electron chi connectivity index (χ1n) is 4.39. The molecular weight excluding hydrogens is 206 g/mol. The Morgan fingerprint density at radius 2 is 2.14 bits per heavy atom. The fraction of sp³-hybridized carbons (Fsp3) is 0.625. The van der Waals surface area contributed by atoms with Gasteiger partial charge in [0.2, 0.25) is 0 Å². The number of imidazole rings is 1. The lowest BCUT2D eigenvalue weighted by Gasteiger charge is -2.09. The lowest BCUT2D eigenvalue weighted by Crippen LogP contribution is -2.13. The van der Waals surface area contributed by atoms with Gasteiger partial charge in [0.15, 0.2) is 5.15 Å². The van der Waals surface area contributed by atoms with Gasteiger partial charge in [-0.2, -0.15) is 0 Å². The lowest BCUT2D eigenvalue weighted by molar-refractivity contribution is 0.275. The molecule has 0 unspecified atom stereocenters. The van der Waals surface area contributed by atoms with Gasteiger partial charge in [0.1, 0.15) is 11.6 Å². The Hall–Kier alpha value is -0.780. The van der Waals surface area contributed by atoms with E-state index in [9.17, 15) is 0 Å². The van der Waals surface area contributed by atoms with Crippen LogP contribution in [-0.2, 0) is 6.54 Å². The highest BCUT2D eigenvalue weighted by molar-refractivity contribution is 6.31. The molecule has 0 radical (unpaired) electrons. The Morgan fingerprint density at radius 1 is 1.43 bits per heavy atom. The van der Waals surface area contributed by atoms with Crippen molar-refractivity contribution in [3.63, 3.8) is 0 Å². The second kappa shape index (κ2) is 5.19. The van der Waals surface area contributed by atoms with Crippen molar-refractivity contribution in [3.8, 4) is 0 Å². The van der Waals surface area contributed by atoms with Crippen LogP contribution in [0, 0.1) is 6.92 Å². The second-order valence-corrected chi connectivity index (χ2v) is 3.18. The van der Waals surface area contributed by atoms with Gasteiger partial charge in [-0.25, -0.2) is 4.98 Å². The Labute approximate surface area is 87.3 Å². The highest BCUT2D eigenvalue weighted by Gasteiger charge is 2.11. The molecule has 1 heterocycles. The summed E-state index contributed by atoms with van der Waals surface area (Å²) < 4.78 is 1.78. The fourth-order valence-corrected chi connectivity index (χ4v) is 1.54. The number of nitrogens with one attached hydrogen (secondary N) is 1. The smallest absolute Gasteiger partial charge is 0.171 e. The maximum absolute atomic E-state index is 8.83. The highest BCUT2D eigenvalue weighted by Crippen LogP contribution is 2.22. The molecule has 1 aromatic rings. The molecule has 0 aliphatic heterocycles. The molecule has 80 valence electrons. The molecule has 0 spiro atoms. The predicted octanol–water partition coefficient (Wildman–Crippen LogP) is 0.241. The summed E-state index contributed by atoms with van der Waals surface area (Å²) in [6.45, 7) is 2.72. The maximum atomic E-state index is 8.83. The summed E-state index contributed by atoms with van der Waals surface area (Å²) in [5, 5.41) is 20.8. The standard InChI is InChI=1S/C8H14ClN3O2/c1-6-11-7(9)8(10-2-4-13)12(6)3-5-14/h10,13-14H,2-5H2,1H3. The number of halogens is 1. The highest BCUT2D eigenvalue weighted by atomic mass is 35.5. The molecule has 0 aliphatic rings. The van der Waals surface area contributed by atoms with Crippen molar-refractivity contribution >= 4 is 17.4 Å². The summed E-state index contributed by atoms with van der Waals surface area (Å²) in [6, 6.07) is 0. The third kappa shape index (κ3) is 2.37. The summed E-state index contributed by atoms with van der Waals surface area (Å²) in [5.41, 5.74) is 0. The summed E-state index contributed by atoms with van der Waals surface area (Å²) in [7, 11) is 0. The number of aryl methyl sites for hydroxylation is 1. The molecule has 1 rings (SSSR count). The third-order valence-electron chi connectivity index (χ3n) is 1.84. The van der Waals surface area contributed by atoms with E-state index in [1.165, 1.54) is 0 Å². The zero-order chi connectivity index (χ0) is 10.6. The van der Waals surface area contributed by atoms with Crippen LogP contribution in [0.1, 0.15) is 5.82 Å². The molecular formula is C8H14ClN3O2. The minimum atomic E-state index is 0.0275. The summed E-state index contributed by atoms with van der Waals surface area (Å²) in [4.78, 5) is 4.06. The molecule has 3 N–H and O–H groups in total. The first kappa shape index (κ1) is 11.3. The van der Waals surface area contributed by atoms with E-state index < -0.39 is 0 Å². The van der Waals surface area contributed by atoms with Crippen LogP contribution in [0.15, 0.2) is 0 Å². The minimum Gasteiger partial charge on any atom is -0.395 e. The van der Waals surface area contributed by atoms with Crippen LogP contribution in [0.5, 0.6) is 0 Å². The Balaban J connectivity index is 2.86. The molecule has 0 bridgehead atoms. The van der Waals surface area contributed by atoms with Crippen molar-refractivity contribution in [1.29, 1.82) is 0 Å². The molecule has 0 aliphatic carbocycles. The molecule has 0 saturated heterocycles. The first-order valence-corrected chi connectivity index (χ1v) is 4.76. The van der Waals surface area contributed by atoms with Crippen LogP contribution in [-0.4, -0.2) is 39.5 Å². The van der Waals surface area contributed by atoms with Crippen LogP contribution in [0.25, 0.3) is 0 Å². The molecule has 1 aromatic heterocycles. The van der Waals surface area contributed by atoms with E-state index in [0.29, 0.717) is 24.1 Å². The van der Waals surface area contributed by atoms with Gasteiger partial charge in [-0.3, -0.25) is 0 Å². The van der Waals surface area contributed by atoms with Crippen molar-refractivity contribution in [3.05, 3.63) is 11.0 Å². The van der Waals surface area contributed by atoms with Crippen molar-refractivity contribution < 1.29 is 10.2 Å². The SMILES string of the molecule is Cc1nc(Cl)c(NCCO)n1CCO. The van der Waals surface area contributed by atoms with Gasteiger partial charge < -0.3 is 20.1 Å². The van der Waals surface area contributed by atoms with E-state index in [0.717, 1.165) is 5.82 Å². The number of aliphatic hydroxyl groups excluding tert-OH is 2. The largest absolute Gasteiger partial charge is 0.395 e. The Morgan fingerprint density at radius 3 is 2.71 bits per heavy atom. The van der Waals surface area contributed by atoms with Crippen LogP contribution in [0.3, 0.4) is 0 Å². The van der Waals surface area contributed by atoms with Gasteiger partial charge in [-0.05, 0) is 6.92 Å². The topological polar surface area (TPSA) is 70.3 Å². The van der Waals surface area contributed by atoms with Gasteiger partial charge in [0.05, 0.1) is 13.2 Å². The average molecular weight is 220 g/mol. The van der Waals surface area contributed by atoms with E-state index in [4.69, 9.17) is 21.8 Å². The van der Waals surface area contributed by atoms with Gasteiger partial charge in [-0.15, -0.1) is 0 Å². The summed E-state index contributed by atoms with van der Waals surface area (Å²) in [5.74, 6) is 1.39. The zero-order valence-corrected chi connectivity index (χ0v) is 8.75. The first-order chi connectivity index (χ1) is 6.70. The van der Waals surface area contributed by atoms with Crippen LogP contribution in [0.2, 0.25) is 5.15 Å². The number of hydrogen-bond donors (Lipinski definition) is 3. The lowest BCUT2D eigenvalue weighted by atomic mass is 10.5. The van der Waals surface area contributed by atoms with Crippen molar-refractivity contribution in [2.45, 2.75) is 13.5 Å². The van der Waals surface area contributed by atoms with Crippen LogP contribution < -0.4 is 5.32 Å². The number of anilines is 1. The summed E-state index contributed by atoms with van der Waals surface area (Å²) >= 11 is 5.86. The molecule has 0 atom stereocenters. The second-order valence-electron chi connectivity index (χ2n) is 2.82. The summed E-state index contributed by atoms with van der Waals surface area (Å²) in [6.07, 6.45) is 0. The number of nitrogens with zero attached hydrogens (tertiary/aromatic N) is 2. The Bertz CT molecular complexity index is 301. The third-order valence-corrected chi connectivity index (χ3v) is 2.11. The van der Waals surface area contributed by atoms with E-state index in [1.54, 1.807) is 4.57 Å². The van der Waals surface area contributed by atoms with Gasteiger partial charge in [0.25, 0.3) is 0 Å². The van der Waals surface area contributed by atoms with Gasteiger partial charge in [-0.1, -0.05) is 11.6 Å². The molecule has 6 heteroatoms. The number of aromatic nitrogens is 2. The maximum Gasteiger partial charge on any atom is 0.171 e. The molecule has 0 fully saturated rings. The van der Waals surface area contributed by atoms with Crippen molar-refractivity contribution in [2.75, 3.05) is 25.1 Å². The van der Waals surface area contributed by atoms with E-state index in [-0.39, 0.29) is 13.2 Å². The van der Waals surface area contributed by atoms with E-state index in [2.05, 4.69) is 10.3 Å². The quantitative estimate of drug-likeness (QED) is 0.664. The molecule has 0 aromatic carbocycles. The Kier molecular flexibility index (Phi) is 4.19. The monoisotopic (exact) mass is 219 g/mol. The normalized spacial score (nSPS) is 10.6. The minimum absolute atomic E-state index is 0.0275.